The molecule has 0 bridgehead atoms. The van der Waals surface area contributed by atoms with Crippen molar-refractivity contribution in [3.63, 3.8) is 0 Å². The third-order valence-corrected chi connectivity index (χ3v) is 4.52. The van der Waals surface area contributed by atoms with Gasteiger partial charge < -0.3 is 14.6 Å². The van der Waals surface area contributed by atoms with E-state index in [0.717, 1.165) is 44.1 Å². The van der Waals surface area contributed by atoms with Crippen molar-refractivity contribution in [1.82, 2.24) is 15.5 Å². The predicted octanol–water partition coefficient (Wildman–Crippen LogP) is 1.74. The zero-order valence-corrected chi connectivity index (χ0v) is 11.2. The maximum atomic E-state index is 5.69. The van der Waals surface area contributed by atoms with Crippen LogP contribution in [0.2, 0.25) is 0 Å². The Kier molecular flexibility index (Phi) is 2.90. The third kappa shape index (κ3) is 1.77. The van der Waals surface area contributed by atoms with Gasteiger partial charge in [0.05, 0.1) is 5.41 Å². The largest absolute Gasteiger partial charge is 0.370 e. The van der Waals surface area contributed by atoms with Gasteiger partial charge in [0.15, 0.2) is 0 Å². The van der Waals surface area contributed by atoms with Crippen LogP contribution in [0.4, 0.5) is 0 Å². The number of rotatable bonds is 3. The highest BCUT2D eigenvalue weighted by Crippen LogP contribution is 2.41. The van der Waals surface area contributed by atoms with Gasteiger partial charge in [0.25, 0.3) is 0 Å². The molecule has 3 rings (SSSR count). The Morgan fingerprint density at radius 3 is 2.67 bits per heavy atom. The lowest BCUT2D eigenvalue weighted by Gasteiger charge is -2.23. The normalized spacial score (nSPS) is 31.0. The fourth-order valence-corrected chi connectivity index (χ4v) is 3.12. The Morgan fingerprint density at radius 1 is 1.28 bits per heavy atom. The van der Waals surface area contributed by atoms with Crippen molar-refractivity contribution in [2.45, 2.75) is 50.0 Å². The van der Waals surface area contributed by atoms with Crippen molar-refractivity contribution in [3.8, 4) is 0 Å². The second kappa shape index (κ2) is 4.31. The van der Waals surface area contributed by atoms with Gasteiger partial charge in [-0.15, -0.1) is 0 Å². The second-order valence-corrected chi connectivity index (χ2v) is 5.82. The summed E-state index contributed by atoms with van der Waals surface area (Å²) < 4.78 is 11.2. The zero-order chi connectivity index (χ0) is 12.6. The maximum Gasteiger partial charge on any atom is 0.234 e. The smallest absolute Gasteiger partial charge is 0.234 e. The van der Waals surface area contributed by atoms with Gasteiger partial charge in [-0.1, -0.05) is 5.16 Å². The summed E-state index contributed by atoms with van der Waals surface area (Å²) in [4.78, 5) is 4.65. The summed E-state index contributed by atoms with van der Waals surface area (Å²) in [5, 5.41) is 7.55. The topological polar surface area (TPSA) is 60.2 Å². The Labute approximate surface area is 107 Å². The molecule has 1 aliphatic carbocycles. The molecule has 1 unspecified atom stereocenters. The average molecular weight is 251 g/mol. The first kappa shape index (κ1) is 12.1. The Hall–Kier alpha value is -0.940. The molecule has 1 aromatic heterocycles. The Bertz CT molecular complexity index is 418. The van der Waals surface area contributed by atoms with Gasteiger partial charge in [-0.2, -0.15) is 4.98 Å². The number of aromatic nitrogens is 2. The molecule has 0 spiro atoms. The molecule has 0 radical (unpaired) electrons. The van der Waals surface area contributed by atoms with Crippen LogP contribution >= 0.6 is 0 Å². The van der Waals surface area contributed by atoms with Crippen molar-refractivity contribution in [2.24, 2.45) is 0 Å². The number of nitrogens with zero attached hydrogens (tertiary/aromatic N) is 2. The van der Waals surface area contributed by atoms with E-state index in [0.29, 0.717) is 0 Å². The molecular weight excluding hydrogens is 230 g/mol. The minimum Gasteiger partial charge on any atom is -0.370 e. The first-order valence-electron chi connectivity index (χ1n) is 6.79. The van der Waals surface area contributed by atoms with Crippen molar-refractivity contribution >= 4 is 0 Å². The first-order chi connectivity index (χ1) is 8.69. The van der Waals surface area contributed by atoms with E-state index >= 15 is 0 Å². The molecule has 1 saturated heterocycles. The van der Waals surface area contributed by atoms with Gasteiger partial charge in [-0.05, 0) is 45.6 Å². The van der Waals surface area contributed by atoms with Crippen LogP contribution < -0.4 is 5.32 Å². The number of ether oxygens (including phenoxy) is 1. The summed E-state index contributed by atoms with van der Waals surface area (Å²) >= 11 is 0. The molecule has 0 aromatic carbocycles. The highest BCUT2D eigenvalue weighted by Gasteiger charge is 2.43. The van der Waals surface area contributed by atoms with Crippen LogP contribution in [-0.2, 0) is 15.8 Å². The van der Waals surface area contributed by atoms with Gasteiger partial charge in [0, 0.05) is 13.7 Å². The minimum absolute atomic E-state index is 0.0151. The molecule has 18 heavy (non-hydrogen) atoms. The molecule has 2 aliphatic rings. The van der Waals surface area contributed by atoms with Crippen LogP contribution in [0, 0.1) is 0 Å². The summed E-state index contributed by atoms with van der Waals surface area (Å²) in [5.41, 5.74) is -0.317. The first-order valence-corrected chi connectivity index (χ1v) is 6.79. The van der Waals surface area contributed by atoms with E-state index in [1.807, 2.05) is 0 Å². The molecule has 2 fully saturated rings. The molecule has 0 amide bonds. The van der Waals surface area contributed by atoms with E-state index in [9.17, 15) is 0 Å². The van der Waals surface area contributed by atoms with E-state index < -0.39 is 0 Å². The van der Waals surface area contributed by atoms with E-state index in [4.69, 9.17) is 9.26 Å². The quantitative estimate of drug-likeness (QED) is 0.886. The number of nitrogens with one attached hydrogen (secondary N) is 1. The van der Waals surface area contributed by atoms with E-state index in [1.54, 1.807) is 7.11 Å². The lowest BCUT2D eigenvalue weighted by atomic mass is 9.90. The molecule has 1 N–H and O–H groups in total. The Balaban J connectivity index is 1.89. The van der Waals surface area contributed by atoms with Gasteiger partial charge in [0.1, 0.15) is 5.60 Å². The minimum atomic E-state index is -0.301. The number of hydrogen-bond acceptors (Lipinski definition) is 5. The van der Waals surface area contributed by atoms with Crippen molar-refractivity contribution in [1.29, 1.82) is 0 Å². The highest BCUT2D eigenvalue weighted by molar-refractivity contribution is 5.11. The van der Waals surface area contributed by atoms with Gasteiger partial charge >= 0.3 is 0 Å². The molecule has 1 saturated carbocycles. The van der Waals surface area contributed by atoms with Crippen LogP contribution in [0.1, 0.15) is 50.7 Å². The van der Waals surface area contributed by atoms with E-state index in [1.165, 1.54) is 12.8 Å². The van der Waals surface area contributed by atoms with Gasteiger partial charge in [-0.3, -0.25) is 0 Å². The summed E-state index contributed by atoms with van der Waals surface area (Å²) in [6, 6.07) is 0. The van der Waals surface area contributed by atoms with Crippen molar-refractivity contribution in [3.05, 3.63) is 11.7 Å². The monoisotopic (exact) mass is 251 g/mol. The zero-order valence-electron chi connectivity index (χ0n) is 11.2. The number of methoxy groups -OCH3 is 1. The predicted molar refractivity (Wildman–Crippen MR) is 66.3 cm³/mol. The van der Waals surface area contributed by atoms with Crippen molar-refractivity contribution < 1.29 is 9.26 Å². The van der Waals surface area contributed by atoms with Gasteiger partial charge in [-0.25, -0.2) is 0 Å². The van der Waals surface area contributed by atoms with Gasteiger partial charge in [0.2, 0.25) is 11.7 Å². The van der Waals surface area contributed by atoms with Crippen LogP contribution in [0.25, 0.3) is 0 Å². The molecule has 1 aromatic rings. The average Bonchev–Trinajstić information content (AvgIpc) is 3.09. The van der Waals surface area contributed by atoms with E-state index in [-0.39, 0.29) is 11.0 Å². The summed E-state index contributed by atoms with van der Waals surface area (Å²) in [6.45, 7) is 4.11. The summed E-state index contributed by atoms with van der Waals surface area (Å²) in [7, 11) is 1.75. The standard InChI is InChI=1S/C13H21N3O2/c1-12(7-8-14-9-12)11-15-10(16-18-11)13(17-2)5-3-4-6-13/h14H,3-9H2,1-2H3. The molecular formula is C13H21N3O2. The summed E-state index contributed by atoms with van der Waals surface area (Å²) in [5.74, 6) is 1.50. The fourth-order valence-electron chi connectivity index (χ4n) is 3.12. The van der Waals surface area contributed by atoms with Crippen LogP contribution in [-0.4, -0.2) is 30.3 Å². The van der Waals surface area contributed by atoms with Crippen molar-refractivity contribution in [2.75, 3.05) is 20.2 Å². The molecule has 1 atom stereocenters. The van der Waals surface area contributed by atoms with E-state index in [2.05, 4.69) is 22.4 Å². The van der Waals surface area contributed by atoms with Crippen LogP contribution in [0.3, 0.4) is 0 Å². The molecule has 5 heteroatoms. The van der Waals surface area contributed by atoms with Crippen LogP contribution in [0.5, 0.6) is 0 Å². The molecule has 100 valence electrons. The fraction of sp³-hybridized carbons (Fsp3) is 0.846. The highest BCUT2D eigenvalue weighted by atomic mass is 16.5. The third-order valence-electron chi connectivity index (χ3n) is 4.52. The lowest BCUT2D eigenvalue weighted by molar-refractivity contribution is -0.0178. The SMILES string of the molecule is COC1(c2noc(C3(C)CCNC3)n2)CCCC1. The maximum absolute atomic E-state index is 5.69. The molecule has 1 aliphatic heterocycles. The second-order valence-electron chi connectivity index (χ2n) is 5.82. The molecule has 2 heterocycles. The van der Waals surface area contributed by atoms with Crippen LogP contribution in [0.15, 0.2) is 4.52 Å². The Morgan fingerprint density at radius 2 is 2.06 bits per heavy atom. The summed E-state index contributed by atoms with van der Waals surface area (Å²) in [6.07, 6.45) is 5.40. The number of hydrogen-bond donors (Lipinski definition) is 1. The lowest BCUT2D eigenvalue weighted by Crippen LogP contribution is -2.28. The molecule has 5 nitrogen and oxygen atoms in total.